The van der Waals surface area contributed by atoms with Crippen LogP contribution in [0.4, 0.5) is 5.69 Å². The molecular formula is C21H22N2O4S. The molecule has 6 nitrogen and oxygen atoms in total. The predicted octanol–water partition coefficient (Wildman–Crippen LogP) is 2.81. The van der Waals surface area contributed by atoms with E-state index in [0.29, 0.717) is 5.56 Å². The van der Waals surface area contributed by atoms with Gasteiger partial charge in [0.1, 0.15) is 0 Å². The number of aryl methyl sites for hydroxylation is 1. The number of carbonyl (C=O) groups is 2. The second-order valence-electron chi connectivity index (χ2n) is 7.45. The maximum atomic E-state index is 12.7. The topological polar surface area (TPSA) is 83.6 Å². The first-order valence-corrected chi connectivity index (χ1v) is 11.0. The van der Waals surface area contributed by atoms with Gasteiger partial charge in [-0.1, -0.05) is 31.2 Å². The van der Waals surface area contributed by atoms with Gasteiger partial charge < -0.3 is 5.32 Å². The van der Waals surface area contributed by atoms with Crippen molar-refractivity contribution in [2.24, 2.45) is 5.92 Å². The van der Waals surface area contributed by atoms with E-state index in [-0.39, 0.29) is 23.4 Å². The molecule has 1 N–H and O–H groups in total. The van der Waals surface area contributed by atoms with Crippen molar-refractivity contribution >= 4 is 27.5 Å². The van der Waals surface area contributed by atoms with Crippen LogP contribution < -0.4 is 9.62 Å². The van der Waals surface area contributed by atoms with Gasteiger partial charge >= 0.3 is 0 Å². The van der Waals surface area contributed by atoms with Gasteiger partial charge in [0.15, 0.2) is 0 Å². The molecule has 2 aromatic rings. The molecule has 1 fully saturated rings. The third kappa shape index (κ3) is 3.30. The third-order valence-electron chi connectivity index (χ3n) is 5.40. The van der Waals surface area contributed by atoms with E-state index in [0.717, 1.165) is 29.1 Å². The first-order chi connectivity index (χ1) is 13.4. The molecule has 1 aliphatic heterocycles. The lowest BCUT2D eigenvalue weighted by atomic mass is 9.87. The highest BCUT2D eigenvalue weighted by Crippen LogP contribution is 2.31. The molecular weight excluding hydrogens is 376 g/mol. The minimum atomic E-state index is -3.64. The lowest BCUT2D eigenvalue weighted by Gasteiger charge is -2.26. The summed E-state index contributed by atoms with van der Waals surface area (Å²) in [6.07, 6.45) is 2.93. The van der Waals surface area contributed by atoms with E-state index in [1.165, 1.54) is 17.7 Å². The Bertz CT molecular complexity index is 1030. The van der Waals surface area contributed by atoms with Crippen LogP contribution in [0.25, 0.3) is 0 Å². The number of benzene rings is 2. The average Bonchev–Trinajstić information content (AvgIpc) is 2.89. The minimum Gasteiger partial charge on any atom is -0.345 e. The molecule has 28 heavy (non-hydrogen) atoms. The van der Waals surface area contributed by atoms with Crippen LogP contribution in [0, 0.1) is 5.92 Å². The monoisotopic (exact) mass is 398 g/mol. The van der Waals surface area contributed by atoms with Crippen LogP contribution in [-0.4, -0.2) is 26.0 Å². The molecule has 2 aliphatic rings. The van der Waals surface area contributed by atoms with E-state index in [4.69, 9.17) is 0 Å². The molecule has 0 spiro atoms. The summed E-state index contributed by atoms with van der Waals surface area (Å²) in [5.74, 6) is -1.39. The van der Waals surface area contributed by atoms with Crippen molar-refractivity contribution in [2.45, 2.75) is 32.2 Å². The summed E-state index contributed by atoms with van der Waals surface area (Å²) in [5, 5.41) is 3.07. The van der Waals surface area contributed by atoms with Crippen molar-refractivity contribution in [3.8, 4) is 0 Å². The summed E-state index contributed by atoms with van der Waals surface area (Å²) >= 11 is 0. The van der Waals surface area contributed by atoms with Crippen molar-refractivity contribution in [2.75, 3.05) is 10.1 Å². The Kier molecular flexibility index (Phi) is 4.71. The Morgan fingerprint density at radius 3 is 2.50 bits per heavy atom. The Morgan fingerprint density at radius 2 is 1.82 bits per heavy atom. The number of anilines is 1. The van der Waals surface area contributed by atoms with Gasteiger partial charge in [0.25, 0.3) is 5.91 Å². The minimum absolute atomic E-state index is 0.0292. The number of carbonyl (C=O) groups excluding carboxylic acids is 2. The number of fused-ring (bicyclic) bond motifs is 1. The summed E-state index contributed by atoms with van der Waals surface area (Å²) in [6, 6.07) is 14.2. The lowest BCUT2D eigenvalue weighted by molar-refractivity contribution is -0.119. The zero-order valence-electron chi connectivity index (χ0n) is 15.6. The number of rotatable bonds is 3. The number of nitrogens with one attached hydrogen (secondary N) is 1. The largest absolute Gasteiger partial charge is 0.345 e. The Labute approximate surface area is 164 Å². The number of hydrogen-bond donors (Lipinski definition) is 1. The van der Waals surface area contributed by atoms with E-state index in [1.54, 1.807) is 19.1 Å². The molecule has 7 heteroatoms. The van der Waals surface area contributed by atoms with Gasteiger partial charge in [-0.3, -0.25) is 9.59 Å². The van der Waals surface area contributed by atoms with E-state index < -0.39 is 21.8 Å². The second-order valence-corrected chi connectivity index (χ2v) is 9.31. The van der Waals surface area contributed by atoms with E-state index in [2.05, 4.69) is 11.4 Å². The fraction of sp³-hybridized carbons (Fsp3) is 0.333. The molecule has 1 saturated heterocycles. The smallest absolute Gasteiger partial charge is 0.251 e. The van der Waals surface area contributed by atoms with Gasteiger partial charge in [-0.05, 0) is 54.7 Å². The summed E-state index contributed by atoms with van der Waals surface area (Å²) in [7, 11) is -3.64. The van der Waals surface area contributed by atoms with Crippen LogP contribution in [0.15, 0.2) is 48.5 Å². The van der Waals surface area contributed by atoms with Crippen LogP contribution in [0.5, 0.6) is 0 Å². The van der Waals surface area contributed by atoms with E-state index >= 15 is 0 Å². The lowest BCUT2D eigenvalue weighted by Crippen LogP contribution is -2.31. The van der Waals surface area contributed by atoms with Gasteiger partial charge in [0.2, 0.25) is 15.9 Å². The molecule has 146 valence electrons. The number of sulfonamides is 1. The molecule has 0 radical (unpaired) electrons. The van der Waals surface area contributed by atoms with E-state index in [9.17, 15) is 18.0 Å². The first-order valence-electron chi connectivity index (χ1n) is 9.42. The van der Waals surface area contributed by atoms with Gasteiger partial charge in [-0.15, -0.1) is 0 Å². The second kappa shape index (κ2) is 7.05. The molecule has 2 amide bonds. The van der Waals surface area contributed by atoms with Crippen molar-refractivity contribution < 1.29 is 18.0 Å². The molecule has 2 aromatic carbocycles. The quantitative estimate of drug-likeness (QED) is 0.862. The van der Waals surface area contributed by atoms with Gasteiger partial charge in [-0.2, -0.15) is 0 Å². The third-order valence-corrected chi connectivity index (χ3v) is 7.27. The number of nitrogens with zero attached hydrogens (tertiary/aromatic N) is 1. The SMILES string of the molecule is CC1CS(=O)(=O)N(c2ccc(C(=O)NC3CCCc4ccccc43)cc2)C1=O. The maximum Gasteiger partial charge on any atom is 0.251 e. The van der Waals surface area contributed by atoms with Crippen LogP contribution in [0.1, 0.15) is 47.3 Å². The predicted molar refractivity (Wildman–Crippen MR) is 106 cm³/mol. The highest BCUT2D eigenvalue weighted by Gasteiger charge is 2.41. The van der Waals surface area contributed by atoms with Crippen molar-refractivity contribution in [3.63, 3.8) is 0 Å². The number of amides is 2. The van der Waals surface area contributed by atoms with Crippen LogP contribution in [0.3, 0.4) is 0 Å². The summed E-state index contributed by atoms with van der Waals surface area (Å²) in [4.78, 5) is 24.9. The molecule has 0 bridgehead atoms. The molecule has 4 rings (SSSR count). The summed E-state index contributed by atoms with van der Waals surface area (Å²) < 4.78 is 25.3. The molecule has 2 unspecified atom stereocenters. The van der Waals surface area contributed by atoms with Crippen LogP contribution in [-0.2, 0) is 21.2 Å². The zero-order chi connectivity index (χ0) is 19.9. The van der Waals surface area contributed by atoms with Crippen molar-refractivity contribution in [3.05, 3.63) is 65.2 Å². The molecule has 1 aliphatic carbocycles. The molecule has 2 atom stereocenters. The summed E-state index contributed by atoms with van der Waals surface area (Å²) in [6.45, 7) is 1.60. The van der Waals surface area contributed by atoms with Crippen LogP contribution >= 0.6 is 0 Å². The highest BCUT2D eigenvalue weighted by atomic mass is 32.2. The molecule has 0 saturated carbocycles. The number of hydrogen-bond acceptors (Lipinski definition) is 4. The van der Waals surface area contributed by atoms with Gasteiger partial charge in [0.05, 0.1) is 23.4 Å². The fourth-order valence-electron chi connectivity index (χ4n) is 3.98. The Morgan fingerprint density at radius 1 is 1.11 bits per heavy atom. The molecule has 1 heterocycles. The first kappa shape index (κ1) is 18.7. The van der Waals surface area contributed by atoms with Gasteiger partial charge in [0, 0.05) is 5.56 Å². The van der Waals surface area contributed by atoms with Gasteiger partial charge in [-0.25, -0.2) is 12.7 Å². The van der Waals surface area contributed by atoms with Crippen molar-refractivity contribution in [1.29, 1.82) is 0 Å². The Hall–Kier alpha value is -2.67. The summed E-state index contributed by atoms with van der Waals surface area (Å²) in [5.41, 5.74) is 3.13. The standard InChI is InChI=1S/C21H22N2O4S/c1-14-13-28(26,27)23(21(14)25)17-11-9-16(10-12-17)20(24)22-19-8-4-6-15-5-2-3-7-18(15)19/h2-3,5,7,9-12,14,19H,4,6,8,13H2,1H3,(H,22,24). The molecule has 0 aromatic heterocycles. The maximum absolute atomic E-state index is 12.7. The van der Waals surface area contributed by atoms with Crippen LogP contribution in [0.2, 0.25) is 0 Å². The normalized spacial score (nSPS) is 23.3. The van der Waals surface area contributed by atoms with E-state index in [1.807, 2.05) is 18.2 Å². The Balaban J connectivity index is 1.52. The highest BCUT2D eigenvalue weighted by molar-refractivity contribution is 7.94. The van der Waals surface area contributed by atoms with Crippen molar-refractivity contribution in [1.82, 2.24) is 5.32 Å². The zero-order valence-corrected chi connectivity index (χ0v) is 16.4. The average molecular weight is 398 g/mol. The fourth-order valence-corrected chi connectivity index (χ4v) is 5.80.